The van der Waals surface area contributed by atoms with Crippen molar-refractivity contribution in [1.29, 1.82) is 0 Å². The van der Waals surface area contributed by atoms with Crippen molar-refractivity contribution in [1.82, 2.24) is 10.2 Å². The van der Waals surface area contributed by atoms with Crippen molar-refractivity contribution < 1.29 is 9.21 Å². The van der Waals surface area contributed by atoms with Gasteiger partial charge in [-0.25, -0.2) is 0 Å². The number of benzene rings is 1. The van der Waals surface area contributed by atoms with Gasteiger partial charge in [0.05, 0.1) is 16.6 Å². The second-order valence-electron chi connectivity index (χ2n) is 6.88. The summed E-state index contributed by atoms with van der Waals surface area (Å²) in [4.78, 5) is 15.8. The van der Waals surface area contributed by atoms with Crippen LogP contribution in [-0.4, -0.2) is 16.8 Å². The van der Waals surface area contributed by atoms with Crippen LogP contribution in [0.3, 0.4) is 0 Å². The van der Waals surface area contributed by atoms with E-state index in [-0.39, 0.29) is 5.91 Å². The first kappa shape index (κ1) is 18.5. The first-order valence-corrected chi connectivity index (χ1v) is 10.7. The van der Waals surface area contributed by atoms with E-state index >= 15 is 0 Å². The first-order chi connectivity index (χ1) is 13.2. The summed E-state index contributed by atoms with van der Waals surface area (Å²) in [5, 5.41) is 3.03. The molecule has 1 aromatic carbocycles. The first-order valence-electron chi connectivity index (χ1n) is 9.04. The monoisotopic (exact) mass is 444 g/mol. The number of nitrogens with zero attached hydrogens (tertiary/aromatic N) is 1. The Bertz CT molecular complexity index is 885. The fourth-order valence-corrected chi connectivity index (χ4v) is 4.49. The molecule has 1 N–H and O–H groups in total. The Kier molecular flexibility index (Phi) is 5.76. The number of thiophene rings is 1. The average molecular weight is 445 g/mol. The lowest BCUT2D eigenvalue weighted by Crippen LogP contribution is -2.25. The topological polar surface area (TPSA) is 45.5 Å². The van der Waals surface area contributed by atoms with Crippen molar-refractivity contribution in [3.8, 4) is 0 Å². The van der Waals surface area contributed by atoms with Gasteiger partial charge in [-0.15, -0.1) is 11.3 Å². The van der Waals surface area contributed by atoms with E-state index in [1.54, 1.807) is 17.6 Å². The van der Waals surface area contributed by atoms with Gasteiger partial charge in [-0.3, -0.25) is 9.69 Å². The maximum atomic E-state index is 12.1. The lowest BCUT2D eigenvalue weighted by atomic mass is 10.1. The summed E-state index contributed by atoms with van der Waals surface area (Å²) < 4.78 is 6.68. The molecule has 0 unspecified atom stereocenters. The van der Waals surface area contributed by atoms with Crippen molar-refractivity contribution in [2.75, 3.05) is 0 Å². The van der Waals surface area contributed by atoms with Crippen LogP contribution in [0.25, 0.3) is 0 Å². The van der Waals surface area contributed by atoms with Gasteiger partial charge in [0, 0.05) is 29.6 Å². The normalized spacial score (nSPS) is 13.9. The predicted molar refractivity (Wildman–Crippen MR) is 111 cm³/mol. The predicted octanol–water partition coefficient (Wildman–Crippen LogP) is 5.20. The van der Waals surface area contributed by atoms with Crippen LogP contribution < -0.4 is 5.32 Å². The molecule has 0 radical (unpaired) electrons. The van der Waals surface area contributed by atoms with Crippen molar-refractivity contribution in [2.24, 2.45) is 0 Å². The van der Waals surface area contributed by atoms with Gasteiger partial charge in [0.2, 0.25) is 0 Å². The molecule has 0 saturated heterocycles. The van der Waals surface area contributed by atoms with Gasteiger partial charge in [-0.05, 0) is 70.7 Å². The highest BCUT2D eigenvalue weighted by Crippen LogP contribution is 2.25. The number of halogens is 1. The van der Waals surface area contributed by atoms with Crippen LogP contribution in [0, 0.1) is 0 Å². The minimum Gasteiger partial charge on any atom is -0.468 e. The van der Waals surface area contributed by atoms with Crippen LogP contribution >= 0.6 is 27.3 Å². The number of carbonyl (C=O) groups is 1. The van der Waals surface area contributed by atoms with Crippen LogP contribution in [0.4, 0.5) is 0 Å². The number of hydrogen-bond donors (Lipinski definition) is 1. The maximum absolute atomic E-state index is 12.1. The lowest BCUT2D eigenvalue weighted by molar-refractivity contribution is 0.0951. The van der Waals surface area contributed by atoms with Crippen LogP contribution in [0.15, 0.2) is 63.0 Å². The molecule has 4 rings (SSSR count). The second kappa shape index (κ2) is 8.42. The van der Waals surface area contributed by atoms with Gasteiger partial charge in [-0.2, -0.15) is 0 Å². The third kappa shape index (κ3) is 5.31. The summed E-state index contributed by atoms with van der Waals surface area (Å²) in [6.45, 7) is 2.38. The van der Waals surface area contributed by atoms with Gasteiger partial charge < -0.3 is 9.73 Å². The van der Waals surface area contributed by atoms with E-state index < -0.39 is 0 Å². The van der Waals surface area contributed by atoms with Crippen molar-refractivity contribution >= 4 is 33.2 Å². The molecule has 1 aliphatic rings. The SMILES string of the molecule is O=C(NC1CC1)c1ccc(CN(Cc2ccco2)Cc2ccc(Br)s2)cc1. The molecule has 27 heavy (non-hydrogen) atoms. The minimum absolute atomic E-state index is 0.0277. The molecule has 2 aromatic heterocycles. The van der Waals surface area contributed by atoms with Crippen molar-refractivity contribution in [2.45, 2.75) is 38.5 Å². The molecule has 3 aromatic rings. The number of carbonyl (C=O) groups excluding carboxylic acids is 1. The molecule has 0 bridgehead atoms. The molecule has 1 aliphatic carbocycles. The van der Waals surface area contributed by atoms with Gasteiger partial charge in [-0.1, -0.05) is 12.1 Å². The third-order valence-corrected chi connectivity index (χ3v) is 6.11. The van der Waals surface area contributed by atoms with E-state index in [0.717, 1.165) is 47.6 Å². The summed E-state index contributed by atoms with van der Waals surface area (Å²) in [6, 6.07) is 16.5. The Hall–Kier alpha value is -1.89. The van der Waals surface area contributed by atoms with Crippen LogP contribution in [-0.2, 0) is 19.6 Å². The smallest absolute Gasteiger partial charge is 0.251 e. The van der Waals surface area contributed by atoms with Crippen LogP contribution in [0.2, 0.25) is 0 Å². The van der Waals surface area contributed by atoms with Crippen molar-refractivity contribution in [3.05, 3.63) is 80.3 Å². The molecular formula is C21H21BrN2O2S. The van der Waals surface area contributed by atoms with Gasteiger partial charge >= 0.3 is 0 Å². The molecule has 2 heterocycles. The molecule has 6 heteroatoms. The number of nitrogens with one attached hydrogen (secondary N) is 1. The zero-order valence-electron chi connectivity index (χ0n) is 14.9. The van der Waals surface area contributed by atoms with E-state index in [2.05, 4.69) is 38.3 Å². The van der Waals surface area contributed by atoms with E-state index in [1.165, 1.54) is 10.4 Å². The highest BCUT2D eigenvalue weighted by Gasteiger charge is 2.23. The minimum atomic E-state index is 0.0277. The summed E-state index contributed by atoms with van der Waals surface area (Å²) in [5.41, 5.74) is 1.91. The molecule has 0 atom stereocenters. The molecule has 0 spiro atoms. The average Bonchev–Trinajstić information content (AvgIpc) is 3.13. The Morgan fingerprint density at radius 1 is 1.11 bits per heavy atom. The van der Waals surface area contributed by atoms with Gasteiger partial charge in [0.25, 0.3) is 5.91 Å². The Morgan fingerprint density at radius 3 is 2.56 bits per heavy atom. The number of hydrogen-bond acceptors (Lipinski definition) is 4. The maximum Gasteiger partial charge on any atom is 0.251 e. The Morgan fingerprint density at radius 2 is 1.93 bits per heavy atom. The molecule has 1 saturated carbocycles. The number of furan rings is 1. The molecule has 4 nitrogen and oxygen atoms in total. The quantitative estimate of drug-likeness (QED) is 0.519. The third-order valence-electron chi connectivity index (χ3n) is 4.50. The van der Waals surface area contributed by atoms with E-state index in [4.69, 9.17) is 4.42 Å². The van der Waals surface area contributed by atoms with Crippen LogP contribution in [0.5, 0.6) is 0 Å². The van der Waals surface area contributed by atoms with Crippen LogP contribution in [0.1, 0.15) is 39.4 Å². The molecule has 0 aliphatic heterocycles. The highest BCUT2D eigenvalue weighted by atomic mass is 79.9. The zero-order valence-corrected chi connectivity index (χ0v) is 17.3. The standard InChI is InChI=1S/C21H21BrN2O2S/c22-20-10-9-19(27-20)14-24(13-18-2-1-11-26-18)12-15-3-5-16(6-4-15)21(25)23-17-7-8-17/h1-6,9-11,17H,7-8,12-14H2,(H,23,25). The second-order valence-corrected chi connectivity index (χ2v) is 9.42. The van der Waals surface area contributed by atoms with E-state index in [1.807, 2.05) is 36.4 Å². The van der Waals surface area contributed by atoms with Gasteiger partial charge in [0.15, 0.2) is 0 Å². The number of amides is 1. The Labute approximate surface area is 171 Å². The lowest BCUT2D eigenvalue weighted by Gasteiger charge is -2.21. The van der Waals surface area contributed by atoms with Crippen molar-refractivity contribution in [3.63, 3.8) is 0 Å². The number of rotatable bonds is 8. The molecule has 140 valence electrons. The van der Waals surface area contributed by atoms with Gasteiger partial charge in [0.1, 0.15) is 5.76 Å². The van der Waals surface area contributed by atoms with E-state index in [9.17, 15) is 4.79 Å². The summed E-state index contributed by atoms with van der Waals surface area (Å²) >= 11 is 5.28. The molecule has 1 fully saturated rings. The summed E-state index contributed by atoms with van der Waals surface area (Å²) in [7, 11) is 0. The fourth-order valence-electron chi connectivity index (χ4n) is 2.96. The summed E-state index contributed by atoms with van der Waals surface area (Å²) in [5.74, 6) is 0.978. The summed E-state index contributed by atoms with van der Waals surface area (Å²) in [6.07, 6.45) is 3.91. The Balaban J connectivity index is 1.43. The highest BCUT2D eigenvalue weighted by molar-refractivity contribution is 9.11. The largest absolute Gasteiger partial charge is 0.468 e. The molecule has 1 amide bonds. The van der Waals surface area contributed by atoms with E-state index in [0.29, 0.717) is 6.04 Å². The zero-order chi connectivity index (χ0) is 18.6. The fraction of sp³-hybridized carbons (Fsp3) is 0.286. The molecular weight excluding hydrogens is 424 g/mol.